The van der Waals surface area contributed by atoms with Gasteiger partial charge in [0.25, 0.3) is 0 Å². The van der Waals surface area contributed by atoms with Crippen LogP contribution in [0.2, 0.25) is 0 Å². The van der Waals surface area contributed by atoms with Gasteiger partial charge in [0, 0.05) is 13.1 Å². The summed E-state index contributed by atoms with van der Waals surface area (Å²) in [6.45, 7) is 2.83. The van der Waals surface area contributed by atoms with E-state index in [1.54, 1.807) is 4.90 Å². The number of likely N-dealkylation sites (N-methyl/N-ethyl adjacent to an activating group) is 1. The summed E-state index contributed by atoms with van der Waals surface area (Å²) in [4.78, 5) is 13.5. The van der Waals surface area contributed by atoms with Crippen molar-refractivity contribution in [3.05, 3.63) is 0 Å². The lowest BCUT2D eigenvalue weighted by atomic mass is 9.82. The van der Waals surface area contributed by atoms with Crippen LogP contribution in [0.1, 0.15) is 45.4 Å². The molecule has 1 aliphatic rings. The maximum Gasteiger partial charge on any atom is 0.225 e. The Bertz CT molecular complexity index is 224. The number of amides is 1. The Morgan fingerprint density at radius 3 is 2.44 bits per heavy atom. The highest BCUT2D eigenvalue weighted by Gasteiger charge is 2.32. The van der Waals surface area contributed by atoms with Crippen LogP contribution in [0.4, 0.5) is 0 Å². The molecular formula is C12H23NO3. The van der Waals surface area contributed by atoms with Crippen LogP contribution >= 0.6 is 0 Å². The highest BCUT2D eigenvalue weighted by Crippen LogP contribution is 2.31. The Labute approximate surface area is 97.3 Å². The van der Waals surface area contributed by atoms with E-state index in [-0.39, 0.29) is 18.9 Å². The highest BCUT2D eigenvalue weighted by atomic mass is 16.3. The zero-order valence-corrected chi connectivity index (χ0v) is 10.1. The van der Waals surface area contributed by atoms with Gasteiger partial charge in [-0.1, -0.05) is 19.3 Å². The molecule has 0 atom stereocenters. The predicted molar refractivity (Wildman–Crippen MR) is 62.0 cm³/mol. The fraction of sp³-hybridized carbons (Fsp3) is 0.917. The van der Waals surface area contributed by atoms with E-state index in [0.717, 1.165) is 32.1 Å². The molecule has 16 heavy (non-hydrogen) atoms. The van der Waals surface area contributed by atoms with E-state index in [4.69, 9.17) is 5.11 Å². The van der Waals surface area contributed by atoms with Crippen molar-refractivity contribution in [2.45, 2.75) is 51.0 Å². The standard InChI is InChI=1S/C12H23NO3/c1-2-13(8-9-14)11(15)10-12(16)6-4-3-5-7-12/h14,16H,2-10H2,1H3. The molecule has 2 N–H and O–H groups in total. The molecule has 4 heteroatoms. The number of nitrogens with zero attached hydrogens (tertiary/aromatic N) is 1. The molecule has 1 fully saturated rings. The highest BCUT2D eigenvalue weighted by molar-refractivity contribution is 5.77. The molecule has 0 saturated heterocycles. The maximum atomic E-state index is 11.9. The molecule has 0 aromatic heterocycles. The average molecular weight is 229 g/mol. The number of rotatable bonds is 5. The van der Waals surface area contributed by atoms with E-state index in [0.29, 0.717) is 13.1 Å². The monoisotopic (exact) mass is 229 g/mol. The first-order valence-corrected chi connectivity index (χ1v) is 6.22. The first-order valence-electron chi connectivity index (χ1n) is 6.22. The summed E-state index contributed by atoms with van der Waals surface area (Å²) in [7, 11) is 0. The lowest BCUT2D eigenvalue weighted by Crippen LogP contribution is -2.41. The molecular weight excluding hydrogens is 206 g/mol. The lowest BCUT2D eigenvalue weighted by Gasteiger charge is -2.33. The Hall–Kier alpha value is -0.610. The van der Waals surface area contributed by atoms with Gasteiger partial charge in [0.1, 0.15) is 0 Å². The van der Waals surface area contributed by atoms with Crippen molar-refractivity contribution in [2.75, 3.05) is 19.7 Å². The summed E-state index contributed by atoms with van der Waals surface area (Å²) >= 11 is 0. The maximum absolute atomic E-state index is 11.9. The van der Waals surface area contributed by atoms with Crippen LogP contribution in [0, 0.1) is 0 Å². The lowest BCUT2D eigenvalue weighted by molar-refractivity contribution is -0.138. The van der Waals surface area contributed by atoms with Gasteiger partial charge in [-0.15, -0.1) is 0 Å². The minimum Gasteiger partial charge on any atom is -0.395 e. The molecule has 1 aliphatic carbocycles. The Balaban J connectivity index is 2.47. The summed E-state index contributed by atoms with van der Waals surface area (Å²) in [6, 6.07) is 0. The first-order chi connectivity index (χ1) is 7.61. The third-order valence-corrected chi connectivity index (χ3v) is 3.37. The van der Waals surface area contributed by atoms with Gasteiger partial charge in [-0.05, 0) is 19.8 Å². The molecule has 0 aromatic carbocycles. The van der Waals surface area contributed by atoms with Gasteiger partial charge < -0.3 is 15.1 Å². The van der Waals surface area contributed by atoms with Crippen LogP contribution in [-0.2, 0) is 4.79 Å². The SMILES string of the molecule is CCN(CCO)C(=O)CC1(O)CCCCC1. The number of carbonyl (C=O) groups is 1. The second kappa shape index (κ2) is 6.21. The summed E-state index contributed by atoms with van der Waals surface area (Å²) < 4.78 is 0. The molecule has 1 amide bonds. The van der Waals surface area contributed by atoms with E-state index in [2.05, 4.69) is 0 Å². The van der Waals surface area contributed by atoms with E-state index in [1.165, 1.54) is 0 Å². The minimum atomic E-state index is -0.793. The Morgan fingerprint density at radius 1 is 1.31 bits per heavy atom. The molecule has 94 valence electrons. The van der Waals surface area contributed by atoms with Crippen LogP contribution in [0.3, 0.4) is 0 Å². The smallest absolute Gasteiger partial charge is 0.225 e. The molecule has 1 rings (SSSR count). The van der Waals surface area contributed by atoms with Crippen LogP contribution in [0.15, 0.2) is 0 Å². The summed E-state index contributed by atoms with van der Waals surface area (Å²) in [6.07, 6.45) is 4.85. The molecule has 0 bridgehead atoms. The van der Waals surface area contributed by atoms with Crippen molar-refractivity contribution in [1.29, 1.82) is 0 Å². The van der Waals surface area contributed by atoms with Gasteiger partial charge in [0.15, 0.2) is 0 Å². The molecule has 4 nitrogen and oxygen atoms in total. The predicted octanol–water partition coefficient (Wildman–Crippen LogP) is 0.912. The second-order valence-corrected chi connectivity index (χ2v) is 4.66. The van der Waals surface area contributed by atoms with Crippen molar-refractivity contribution in [1.82, 2.24) is 4.90 Å². The van der Waals surface area contributed by atoms with Gasteiger partial charge in [-0.3, -0.25) is 4.79 Å². The Kier molecular flexibility index (Phi) is 5.22. The van der Waals surface area contributed by atoms with Crippen molar-refractivity contribution < 1.29 is 15.0 Å². The fourth-order valence-corrected chi connectivity index (χ4v) is 2.36. The molecule has 0 radical (unpaired) electrons. The third-order valence-electron chi connectivity index (χ3n) is 3.37. The van der Waals surface area contributed by atoms with Gasteiger partial charge in [0.05, 0.1) is 18.6 Å². The van der Waals surface area contributed by atoms with Crippen molar-refractivity contribution in [2.24, 2.45) is 0 Å². The Morgan fingerprint density at radius 2 is 1.94 bits per heavy atom. The normalized spacial score (nSPS) is 19.4. The van der Waals surface area contributed by atoms with Gasteiger partial charge >= 0.3 is 0 Å². The molecule has 0 aromatic rings. The van der Waals surface area contributed by atoms with E-state index >= 15 is 0 Å². The van der Waals surface area contributed by atoms with Gasteiger partial charge in [-0.2, -0.15) is 0 Å². The van der Waals surface area contributed by atoms with Crippen LogP contribution in [0.5, 0.6) is 0 Å². The van der Waals surface area contributed by atoms with Gasteiger partial charge in [0.2, 0.25) is 5.91 Å². The second-order valence-electron chi connectivity index (χ2n) is 4.66. The molecule has 0 unspecified atom stereocenters. The van der Waals surface area contributed by atoms with Crippen LogP contribution in [0.25, 0.3) is 0 Å². The van der Waals surface area contributed by atoms with Crippen LogP contribution in [-0.4, -0.2) is 46.3 Å². The summed E-state index contributed by atoms with van der Waals surface area (Å²) in [5, 5.41) is 19.1. The van der Waals surface area contributed by atoms with E-state index < -0.39 is 5.60 Å². The van der Waals surface area contributed by atoms with Crippen molar-refractivity contribution >= 4 is 5.91 Å². The third kappa shape index (κ3) is 3.76. The number of hydrogen-bond donors (Lipinski definition) is 2. The van der Waals surface area contributed by atoms with Gasteiger partial charge in [-0.25, -0.2) is 0 Å². The zero-order valence-electron chi connectivity index (χ0n) is 10.1. The molecule has 0 heterocycles. The number of aliphatic hydroxyl groups is 2. The van der Waals surface area contributed by atoms with Crippen LogP contribution < -0.4 is 0 Å². The number of hydrogen-bond acceptors (Lipinski definition) is 3. The number of aliphatic hydroxyl groups excluding tert-OH is 1. The molecule has 1 saturated carbocycles. The zero-order chi connectivity index (χ0) is 12.0. The fourth-order valence-electron chi connectivity index (χ4n) is 2.36. The summed E-state index contributed by atoms with van der Waals surface area (Å²) in [5.74, 6) is -0.0408. The molecule has 0 aliphatic heterocycles. The molecule has 0 spiro atoms. The van der Waals surface area contributed by atoms with E-state index in [9.17, 15) is 9.90 Å². The summed E-state index contributed by atoms with van der Waals surface area (Å²) in [5.41, 5.74) is -0.793. The topological polar surface area (TPSA) is 60.8 Å². The minimum absolute atomic E-state index is 0.0159. The first kappa shape index (κ1) is 13.5. The van der Waals surface area contributed by atoms with Crippen molar-refractivity contribution in [3.63, 3.8) is 0 Å². The number of carbonyl (C=O) groups excluding carboxylic acids is 1. The average Bonchev–Trinajstić information content (AvgIpc) is 2.26. The van der Waals surface area contributed by atoms with Crippen molar-refractivity contribution in [3.8, 4) is 0 Å². The largest absolute Gasteiger partial charge is 0.395 e. The van der Waals surface area contributed by atoms with E-state index in [1.807, 2.05) is 6.92 Å². The quantitative estimate of drug-likeness (QED) is 0.736.